The van der Waals surface area contributed by atoms with Crippen molar-refractivity contribution in [3.05, 3.63) is 32.2 Å². The van der Waals surface area contributed by atoms with Gasteiger partial charge in [-0.05, 0) is 13.3 Å². The summed E-state index contributed by atoms with van der Waals surface area (Å²) in [5, 5.41) is 11.0. The zero-order chi connectivity index (χ0) is 15.1. The highest BCUT2D eigenvalue weighted by atomic mass is 127. The van der Waals surface area contributed by atoms with E-state index in [0.29, 0.717) is 6.54 Å². The summed E-state index contributed by atoms with van der Waals surface area (Å²) < 4.78 is 0. The average molecular weight is 451 g/mol. The smallest absolute Gasteiger partial charge is 0.191 e. The molecule has 2 aromatic heterocycles. The molecular formula is C14H22IN5S2. The van der Waals surface area contributed by atoms with Crippen LogP contribution in [0.2, 0.25) is 0 Å². The zero-order valence-electron chi connectivity index (χ0n) is 13.0. The number of thiazole rings is 2. The van der Waals surface area contributed by atoms with Crippen molar-refractivity contribution < 1.29 is 0 Å². The largest absolute Gasteiger partial charge is 0.356 e. The molecule has 0 aromatic carbocycles. The maximum Gasteiger partial charge on any atom is 0.191 e. The van der Waals surface area contributed by atoms with Crippen molar-refractivity contribution in [1.29, 1.82) is 0 Å². The Bertz CT molecular complexity index is 594. The Balaban J connectivity index is 0.00000242. The molecule has 0 radical (unpaired) electrons. The molecule has 122 valence electrons. The number of aliphatic imine (C=N–C) groups is 1. The minimum atomic E-state index is 0. The third kappa shape index (κ3) is 6.17. The number of nitrogens with one attached hydrogen (secondary N) is 2. The Labute approximate surface area is 156 Å². The first-order chi connectivity index (χ1) is 10.2. The quantitative estimate of drug-likeness (QED) is 0.403. The lowest BCUT2D eigenvalue weighted by molar-refractivity contribution is 0.782. The molecule has 0 aliphatic rings. The SMILES string of the molecule is CCc1nc(CCNC(=NC)NCc2ncc(C)s2)cs1.I. The van der Waals surface area contributed by atoms with E-state index >= 15 is 0 Å². The van der Waals surface area contributed by atoms with Crippen LogP contribution in [0.15, 0.2) is 16.6 Å². The normalized spacial score (nSPS) is 11.1. The molecule has 2 aromatic rings. The second-order valence-electron chi connectivity index (χ2n) is 4.55. The van der Waals surface area contributed by atoms with E-state index in [1.165, 1.54) is 9.88 Å². The fourth-order valence-corrected chi connectivity index (χ4v) is 3.30. The standard InChI is InChI=1S/C14H21N5S2.HI/c1-4-12-19-11(9-20-12)5-6-16-14(15-3)18-8-13-17-7-10(2)21-13;/h7,9H,4-6,8H2,1-3H3,(H2,15,16,18);1H. The van der Waals surface area contributed by atoms with Crippen molar-refractivity contribution >= 4 is 52.6 Å². The summed E-state index contributed by atoms with van der Waals surface area (Å²) >= 11 is 3.43. The van der Waals surface area contributed by atoms with Crippen molar-refractivity contribution in [2.24, 2.45) is 4.99 Å². The van der Waals surface area contributed by atoms with Crippen LogP contribution in [0.3, 0.4) is 0 Å². The highest BCUT2D eigenvalue weighted by molar-refractivity contribution is 14.0. The third-order valence-electron chi connectivity index (χ3n) is 2.88. The lowest BCUT2D eigenvalue weighted by atomic mass is 10.3. The molecule has 0 saturated heterocycles. The van der Waals surface area contributed by atoms with E-state index in [9.17, 15) is 0 Å². The highest BCUT2D eigenvalue weighted by Gasteiger charge is 2.03. The number of hydrogen-bond donors (Lipinski definition) is 2. The van der Waals surface area contributed by atoms with Crippen molar-refractivity contribution in [3.8, 4) is 0 Å². The highest BCUT2D eigenvalue weighted by Crippen LogP contribution is 2.11. The zero-order valence-corrected chi connectivity index (χ0v) is 17.0. The van der Waals surface area contributed by atoms with Gasteiger partial charge in [0, 0.05) is 36.5 Å². The number of hydrogen-bond acceptors (Lipinski definition) is 5. The van der Waals surface area contributed by atoms with E-state index in [1.54, 1.807) is 29.7 Å². The molecule has 5 nitrogen and oxygen atoms in total. The predicted octanol–water partition coefficient (Wildman–Crippen LogP) is 3.00. The predicted molar refractivity (Wildman–Crippen MR) is 106 cm³/mol. The van der Waals surface area contributed by atoms with Crippen LogP contribution in [0.5, 0.6) is 0 Å². The van der Waals surface area contributed by atoms with Crippen LogP contribution >= 0.6 is 46.7 Å². The number of guanidine groups is 1. The molecule has 22 heavy (non-hydrogen) atoms. The van der Waals surface area contributed by atoms with Crippen LogP contribution in [-0.4, -0.2) is 29.5 Å². The van der Waals surface area contributed by atoms with Crippen molar-refractivity contribution in [3.63, 3.8) is 0 Å². The summed E-state index contributed by atoms with van der Waals surface area (Å²) in [4.78, 5) is 14.3. The Hall–Kier alpha value is -0.740. The third-order valence-corrected chi connectivity index (χ3v) is 4.83. The van der Waals surface area contributed by atoms with Crippen LogP contribution in [-0.2, 0) is 19.4 Å². The second kappa shape index (κ2) is 10.1. The molecule has 0 unspecified atom stereocenters. The molecule has 2 rings (SSSR count). The van der Waals surface area contributed by atoms with Crippen molar-refractivity contribution in [1.82, 2.24) is 20.6 Å². The molecule has 0 aliphatic carbocycles. The number of aryl methyl sites for hydroxylation is 2. The first-order valence-electron chi connectivity index (χ1n) is 7.00. The van der Waals surface area contributed by atoms with E-state index in [4.69, 9.17) is 0 Å². The van der Waals surface area contributed by atoms with Gasteiger partial charge in [-0.15, -0.1) is 46.7 Å². The van der Waals surface area contributed by atoms with E-state index in [-0.39, 0.29) is 24.0 Å². The summed E-state index contributed by atoms with van der Waals surface area (Å²) in [6, 6.07) is 0. The Morgan fingerprint density at radius 2 is 2.14 bits per heavy atom. The Kier molecular flexibility index (Phi) is 8.88. The summed E-state index contributed by atoms with van der Waals surface area (Å²) in [6.07, 6.45) is 3.81. The fourth-order valence-electron chi connectivity index (χ4n) is 1.80. The minimum Gasteiger partial charge on any atom is -0.356 e. The van der Waals surface area contributed by atoms with E-state index < -0.39 is 0 Å². The average Bonchev–Trinajstić information content (AvgIpc) is 3.11. The number of aromatic nitrogens is 2. The fraction of sp³-hybridized carbons (Fsp3) is 0.500. The molecule has 0 atom stereocenters. The van der Waals surface area contributed by atoms with Gasteiger partial charge in [-0.1, -0.05) is 6.92 Å². The maximum atomic E-state index is 4.56. The number of rotatable bonds is 6. The summed E-state index contributed by atoms with van der Waals surface area (Å²) in [7, 11) is 1.78. The molecule has 0 spiro atoms. The summed E-state index contributed by atoms with van der Waals surface area (Å²) in [6.45, 7) is 5.72. The van der Waals surface area contributed by atoms with Gasteiger partial charge in [0.15, 0.2) is 5.96 Å². The number of halogens is 1. The molecule has 2 heterocycles. The van der Waals surface area contributed by atoms with Crippen LogP contribution in [0, 0.1) is 6.92 Å². The minimum absolute atomic E-state index is 0. The van der Waals surface area contributed by atoms with Crippen LogP contribution in [0.1, 0.15) is 27.5 Å². The Morgan fingerprint density at radius 3 is 2.73 bits per heavy atom. The van der Waals surface area contributed by atoms with E-state index in [2.05, 4.69) is 44.8 Å². The molecular weight excluding hydrogens is 429 g/mol. The molecule has 0 aliphatic heterocycles. The monoisotopic (exact) mass is 451 g/mol. The van der Waals surface area contributed by atoms with Gasteiger partial charge in [-0.2, -0.15) is 0 Å². The van der Waals surface area contributed by atoms with Gasteiger partial charge in [0.25, 0.3) is 0 Å². The van der Waals surface area contributed by atoms with Crippen LogP contribution < -0.4 is 10.6 Å². The molecule has 0 bridgehead atoms. The van der Waals surface area contributed by atoms with Gasteiger partial charge < -0.3 is 10.6 Å². The van der Waals surface area contributed by atoms with Crippen LogP contribution in [0.4, 0.5) is 0 Å². The molecule has 0 saturated carbocycles. The van der Waals surface area contributed by atoms with E-state index in [1.807, 2.05) is 6.20 Å². The second-order valence-corrected chi connectivity index (χ2v) is 6.82. The first-order valence-corrected chi connectivity index (χ1v) is 8.70. The topological polar surface area (TPSA) is 62.2 Å². The van der Waals surface area contributed by atoms with Crippen LogP contribution in [0.25, 0.3) is 0 Å². The van der Waals surface area contributed by atoms with Crippen molar-refractivity contribution in [2.75, 3.05) is 13.6 Å². The molecule has 8 heteroatoms. The lowest BCUT2D eigenvalue weighted by Gasteiger charge is -2.10. The summed E-state index contributed by atoms with van der Waals surface area (Å²) in [5.41, 5.74) is 1.15. The van der Waals surface area contributed by atoms with Gasteiger partial charge >= 0.3 is 0 Å². The van der Waals surface area contributed by atoms with E-state index in [0.717, 1.165) is 36.0 Å². The van der Waals surface area contributed by atoms with Crippen molar-refractivity contribution in [2.45, 2.75) is 33.2 Å². The molecule has 0 amide bonds. The van der Waals surface area contributed by atoms with Gasteiger partial charge in [-0.25, -0.2) is 9.97 Å². The molecule has 0 fully saturated rings. The number of nitrogens with zero attached hydrogens (tertiary/aromatic N) is 3. The lowest BCUT2D eigenvalue weighted by Crippen LogP contribution is -2.37. The van der Waals surface area contributed by atoms with Gasteiger partial charge in [0.05, 0.1) is 17.2 Å². The van der Waals surface area contributed by atoms with Gasteiger partial charge in [0.2, 0.25) is 0 Å². The maximum absolute atomic E-state index is 4.56. The van der Waals surface area contributed by atoms with Gasteiger partial charge in [-0.3, -0.25) is 4.99 Å². The van der Waals surface area contributed by atoms with Gasteiger partial charge in [0.1, 0.15) is 5.01 Å². The summed E-state index contributed by atoms with van der Waals surface area (Å²) in [5.74, 6) is 0.800. The first kappa shape index (κ1) is 19.3. The molecule has 2 N–H and O–H groups in total. The Morgan fingerprint density at radius 1 is 1.32 bits per heavy atom.